The van der Waals surface area contributed by atoms with Crippen LogP contribution in [-0.4, -0.2) is 20.6 Å². The van der Waals surface area contributed by atoms with Crippen LogP contribution >= 0.6 is 15.9 Å². The maximum Gasteiger partial charge on any atom is 0.292 e. The van der Waals surface area contributed by atoms with Gasteiger partial charge < -0.3 is 5.32 Å². The molecule has 0 spiro atoms. The fourth-order valence-corrected chi connectivity index (χ4v) is 2.34. The van der Waals surface area contributed by atoms with Gasteiger partial charge in [-0.25, -0.2) is 0 Å². The van der Waals surface area contributed by atoms with E-state index in [1.54, 1.807) is 16.8 Å². The quantitative estimate of drug-likeness (QED) is 0.649. The molecule has 1 heterocycles. The van der Waals surface area contributed by atoms with Gasteiger partial charge in [0.15, 0.2) is 0 Å². The van der Waals surface area contributed by atoms with Crippen LogP contribution in [-0.2, 0) is 11.3 Å². The van der Waals surface area contributed by atoms with Crippen molar-refractivity contribution in [2.45, 2.75) is 26.8 Å². The summed E-state index contributed by atoms with van der Waals surface area (Å²) < 4.78 is 2.66. The zero-order valence-electron chi connectivity index (χ0n) is 12.2. The first-order chi connectivity index (χ1) is 10.4. The number of nitro groups is 1. The Morgan fingerprint density at radius 1 is 1.41 bits per heavy atom. The van der Waals surface area contributed by atoms with Crippen LogP contribution in [0.25, 0.3) is 0 Å². The van der Waals surface area contributed by atoms with E-state index in [0.717, 1.165) is 15.9 Å². The van der Waals surface area contributed by atoms with Gasteiger partial charge in [-0.3, -0.25) is 19.6 Å². The monoisotopic (exact) mass is 366 g/mol. The molecule has 0 atom stereocenters. The largest absolute Gasteiger partial charge is 0.320 e. The molecule has 2 aromatic rings. The van der Waals surface area contributed by atoms with Crippen LogP contribution in [0.5, 0.6) is 0 Å². The number of nitrogens with one attached hydrogen (secondary N) is 1. The molecule has 8 heteroatoms. The molecular formula is C14H15BrN4O3. The maximum absolute atomic E-state index is 12.0. The molecule has 0 unspecified atom stereocenters. The summed E-state index contributed by atoms with van der Waals surface area (Å²) in [4.78, 5) is 22.4. The minimum Gasteiger partial charge on any atom is -0.320 e. The van der Waals surface area contributed by atoms with E-state index in [-0.39, 0.29) is 23.7 Å². The molecule has 0 saturated carbocycles. The van der Waals surface area contributed by atoms with Crippen LogP contribution in [0, 0.1) is 24.0 Å². The van der Waals surface area contributed by atoms with E-state index in [1.807, 2.05) is 13.8 Å². The minimum atomic E-state index is -0.520. The highest BCUT2D eigenvalue weighted by atomic mass is 79.9. The van der Waals surface area contributed by atoms with Crippen LogP contribution in [0.15, 0.2) is 28.7 Å². The number of anilines is 1. The van der Waals surface area contributed by atoms with Crippen molar-refractivity contribution in [3.8, 4) is 0 Å². The van der Waals surface area contributed by atoms with Gasteiger partial charge in [-0.1, -0.05) is 12.1 Å². The van der Waals surface area contributed by atoms with Gasteiger partial charge in [0.1, 0.15) is 5.69 Å². The van der Waals surface area contributed by atoms with Gasteiger partial charge in [0, 0.05) is 18.2 Å². The van der Waals surface area contributed by atoms with E-state index in [4.69, 9.17) is 0 Å². The first-order valence-electron chi connectivity index (χ1n) is 6.63. The third kappa shape index (κ3) is 3.51. The Morgan fingerprint density at radius 3 is 2.68 bits per heavy atom. The topological polar surface area (TPSA) is 90.1 Å². The van der Waals surface area contributed by atoms with Gasteiger partial charge in [0.2, 0.25) is 5.91 Å². The smallest absolute Gasteiger partial charge is 0.292 e. The number of para-hydroxylation sites is 2. The second-order valence-corrected chi connectivity index (χ2v) is 5.57. The Bertz CT molecular complexity index is 727. The average molecular weight is 367 g/mol. The fourth-order valence-electron chi connectivity index (χ4n) is 2.05. The first kappa shape index (κ1) is 16.2. The van der Waals surface area contributed by atoms with Crippen LogP contribution in [0.1, 0.15) is 17.8 Å². The molecule has 1 amide bonds. The number of amides is 1. The summed E-state index contributed by atoms with van der Waals surface area (Å²) in [5.41, 5.74) is 1.88. The van der Waals surface area contributed by atoms with Gasteiger partial charge in [-0.05, 0) is 35.8 Å². The van der Waals surface area contributed by atoms with Gasteiger partial charge in [-0.15, -0.1) is 0 Å². The van der Waals surface area contributed by atoms with Gasteiger partial charge >= 0.3 is 0 Å². The Hall–Kier alpha value is -2.22. The molecule has 0 saturated heterocycles. The van der Waals surface area contributed by atoms with Gasteiger partial charge in [-0.2, -0.15) is 5.10 Å². The van der Waals surface area contributed by atoms with Crippen LogP contribution in [0.3, 0.4) is 0 Å². The normalized spacial score (nSPS) is 10.5. The molecule has 7 nitrogen and oxygen atoms in total. The van der Waals surface area contributed by atoms with Crippen LogP contribution in [0.4, 0.5) is 11.4 Å². The number of nitrogens with zero attached hydrogens (tertiary/aromatic N) is 3. The molecule has 22 heavy (non-hydrogen) atoms. The van der Waals surface area contributed by atoms with Gasteiger partial charge in [0.25, 0.3) is 5.69 Å². The van der Waals surface area contributed by atoms with Crippen molar-refractivity contribution >= 4 is 33.2 Å². The fraction of sp³-hybridized carbons (Fsp3) is 0.286. The Kier molecular flexibility index (Phi) is 4.92. The number of aromatic nitrogens is 2. The highest BCUT2D eigenvalue weighted by Crippen LogP contribution is 2.23. The summed E-state index contributed by atoms with van der Waals surface area (Å²) in [6.07, 6.45) is 0.181. The number of hydrogen-bond acceptors (Lipinski definition) is 4. The second kappa shape index (κ2) is 6.69. The lowest BCUT2D eigenvalue weighted by Crippen LogP contribution is -2.16. The van der Waals surface area contributed by atoms with E-state index in [1.165, 1.54) is 12.1 Å². The summed E-state index contributed by atoms with van der Waals surface area (Å²) in [5, 5.41) is 17.8. The molecule has 0 bridgehead atoms. The van der Waals surface area contributed by atoms with Crippen molar-refractivity contribution in [3.05, 3.63) is 50.2 Å². The predicted octanol–water partition coefficient (Wildman–Crippen LogP) is 3.20. The SMILES string of the molecule is Cc1nn(CCC(=O)Nc2ccccc2[N+](=O)[O-])c(C)c1Br. The molecule has 0 aliphatic carbocycles. The van der Waals surface area contributed by atoms with E-state index in [0.29, 0.717) is 6.54 Å². The number of aryl methyl sites for hydroxylation is 2. The van der Waals surface area contributed by atoms with Crippen molar-refractivity contribution in [2.24, 2.45) is 0 Å². The second-order valence-electron chi connectivity index (χ2n) is 4.78. The van der Waals surface area contributed by atoms with Crippen molar-refractivity contribution in [3.63, 3.8) is 0 Å². The van der Waals surface area contributed by atoms with Gasteiger partial charge in [0.05, 0.1) is 21.6 Å². The summed E-state index contributed by atoms with van der Waals surface area (Å²) in [7, 11) is 0. The number of carbonyl (C=O) groups is 1. The molecule has 1 aromatic carbocycles. The third-order valence-corrected chi connectivity index (χ3v) is 4.37. The standard InChI is InChI=1S/C14H15BrN4O3/c1-9-14(15)10(2)18(17-9)8-7-13(20)16-11-5-3-4-6-12(11)19(21)22/h3-6H,7-8H2,1-2H3,(H,16,20). The summed E-state index contributed by atoms with van der Waals surface area (Å²) in [6.45, 7) is 4.19. The molecule has 116 valence electrons. The molecule has 1 aromatic heterocycles. The zero-order valence-corrected chi connectivity index (χ0v) is 13.8. The zero-order chi connectivity index (χ0) is 16.3. The van der Waals surface area contributed by atoms with Crippen molar-refractivity contribution < 1.29 is 9.72 Å². The van der Waals surface area contributed by atoms with Crippen LogP contribution in [0.2, 0.25) is 0 Å². The molecule has 0 aliphatic rings. The molecular weight excluding hydrogens is 352 g/mol. The molecule has 2 rings (SSSR count). The number of benzene rings is 1. The number of hydrogen-bond donors (Lipinski definition) is 1. The summed E-state index contributed by atoms with van der Waals surface area (Å²) in [6, 6.07) is 6.06. The molecule has 0 aliphatic heterocycles. The van der Waals surface area contributed by atoms with Crippen LogP contribution < -0.4 is 5.32 Å². The van der Waals surface area contributed by atoms with E-state index >= 15 is 0 Å². The first-order valence-corrected chi connectivity index (χ1v) is 7.42. The minimum absolute atomic E-state index is 0.121. The Labute approximate surface area is 135 Å². The van der Waals surface area contributed by atoms with Crippen molar-refractivity contribution in [1.29, 1.82) is 0 Å². The number of halogens is 1. The number of rotatable bonds is 5. The third-order valence-electron chi connectivity index (χ3n) is 3.22. The number of carbonyl (C=O) groups excluding carboxylic acids is 1. The average Bonchev–Trinajstić information content (AvgIpc) is 2.73. The highest BCUT2D eigenvalue weighted by Gasteiger charge is 2.15. The molecule has 0 radical (unpaired) electrons. The summed E-state index contributed by atoms with van der Waals surface area (Å²) >= 11 is 3.43. The van der Waals surface area contributed by atoms with Crippen molar-refractivity contribution in [1.82, 2.24) is 9.78 Å². The summed E-state index contributed by atoms with van der Waals surface area (Å²) in [5.74, 6) is -0.294. The molecule has 0 fully saturated rings. The lowest BCUT2D eigenvalue weighted by atomic mass is 10.2. The Morgan fingerprint density at radius 2 is 2.09 bits per heavy atom. The predicted molar refractivity (Wildman–Crippen MR) is 85.7 cm³/mol. The highest BCUT2D eigenvalue weighted by molar-refractivity contribution is 9.10. The van der Waals surface area contributed by atoms with Crippen molar-refractivity contribution in [2.75, 3.05) is 5.32 Å². The molecule has 1 N–H and O–H groups in total. The maximum atomic E-state index is 12.0. The Balaban J connectivity index is 2.02. The lowest BCUT2D eigenvalue weighted by Gasteiger charge is -2.07. The lowest BCUT2D eigenvalue weighted by molar-refractivity contribution is -0.383. The van der Waals surface area contributed by atoms with E-state index in [2.05, 4.69) is 26.3 Å². The van der Waals surface area contributed by atoms with E-state index < -0.39 is 4.92 Å². The van der Waals surface area contributed by atoms with E-state index in [9.17, 15) is 14.9 Å². The number of nitro benzene ring substituents is 1.